The minimum Gasteiger partial charge on any atom is -0.503 e. The molecule has 2 N–H and O–H groups in total. The first kappa shape index (κ1) is 15.4. The Morgan fingerprint density at radius 2 is 1.95 bits per heavy atom. The van der Waals surface area contributed by atoms with Gasteiger partial charge in [0.1, 0.15) is 0 Å². The molecule has 4 heteroatoms. The molecule has 1 aromatic heterocycles. The van der Waals surface area contributed by atoms with Crippen molar-refractivity contribution in [1.29, 1.82) is 0 Å². The smallest absolute Gasteiger partial charge is 0.231 e. The number of aromatic amines is 1. The summed E-state index contributed by atoms with van der Waals surface area (Å²) in [6.45, 7) is 2.19. The monoisotopic (exact) mass is 385 g/mol. The van der Waals surface area contributed by atoms with Crippen LogP contribution in [0.2, 0.25) is 0 Å². The molecule has 0 aliphatic carbocycles. The Hall–Kier alpha value is -1.04. The van der Waals surface area contributed by atoms with Gasteiger partial charge in [-0.15, -0.1) is 0 Å². The fraction of sp³-hybridized carbons (Fsp3) is 0.438. The highest BCUT2D eigenvalue weighted by atomic mass is 127. The van der Waals surface area contributed by atoms with Crippen LogP contribution < -0.4 is 5.43 Å². The van der Waals surface area contributed by atoms with E-state index in [4.69, 9.17) is 0 Å². The second kappa shape index (κ2) is 7.11. The van der Waals surface area contributed by atoms with E-state index in [9.17, 15) is 9.90 Å². The molecule has 0 aliphatic heterocycles. The van der Waals surface area contributed by atoms with Gasteiger partial charge >= 0.3 is 0 Å². The topological polar surface area (TPSA) is 53.1 Å². The lowest BCUT2D eigenvalue weighted by molar-refractivity contribution is 0.458. The van der Waals surface area contributed by atoms with Crippen LogP contribution in [-0.4, -0.2) is 10.1 Å². The summed E-state index contributed by atoms with van der Waals surface area (Å²) in [5.74, 6) is -0.116. The molecule has 2 aromatic rings. The molecule has 20 heavy (non-hydrogen) atoms. The summed E-state index contributed by atoms with van der Waals surface area (Å²) >= 11 is 2.17. The average molecular weight is 385 g/mol. The summed E-state index contributed by atoms with van der Waals surface area (Å²) in [7, 11) is 0. The standard InChI is InChI=1S/C16H20INO2/c1-2-3-4-5-6-7-14-16(20)15(19)12-10-11(17)8-9-13(12)18-14/h8-10,20H,2-7H2,1H3,(H,18,19). The molecule has 0 spiro atoms. The summed E-state index contributed by atoms with van der Waals surface area (Å²) in [6, 6.07) is 5.67. The van der Waals surface area contributed by atoms with E-state index in [1.165, 1.54) is 19.3 Å². The maximum Gasteiger partial charge on any atom is 0.231 e. The first-order chi connectivity index (χ1) is 9.63. The number of halogens is 1. The molecule has 1 aromatic carbocycles. The second-order valence-corrected chi connectivity index (χ2v) is 6.38. The van der Waals surface area contributed by atoms with Gasteiger partial charge in [-0.2, -0.15) is 0 Å². The van der Waals surface area contributed by atoms with Crippen molar-refractivity contribution in [1.82, 2.24) is 4.98 Å². The highest BCUT2D eigenvalue weighted by Crippen LogP contribution is 2.20. The highest BCUT2D eigenvalue weighted by molar-refractivity contribution is 14.1. The van der Waals surface area contributed by atoms with Crippen LogP contribution in [-0.2, 0) is 6.42 Å². The Kier molecular flexibility index (Phi) is 5.46. The maximum absolute atomic E-state index is 12.2. The molecule has 0 saturated carbocycles. The van der Waals surface area contributed by atoms with Gasteiger partial charge < -0.3 is 10.1 Å². The minimum absolute atomic E-state index is 0.116. The van der Waals surface area contributed by atoms with Crippen molar-refractivity contribution in [3.63, 3.8) is 0 Å². The van der Waals surface area contributed by atoms with E-state index >= 15 is 0 Å². The number of aromatic hydroxyl groups is 1. The van der Waals surface area contributed by atoms with Crippen molar-refractivity contribution in [2.24, 2.45) is 0 Å². The van der Waals surface area contributed by atoms with Gasteiger partial charge in [0.05, 0.1) is 11.1 Å². The normalized spacial score (nSPS) is 11.1. The van der Waals surface area contributed by atoms with E-state index in [1.54, 1.807) is 6.07 Å². The molecule has 0 saturated heterocycles. The van der Waals surface area contributed by atoms with E-state index in [-0.39, 0.29) is 11.2 Å². The minimum atomic E-state index is -0.263. The van der Waals surface area contributed by atoms with Gasteiger partial charge in [0.15, 0.2) is 5.75 Å². The van der Waals surface area contributed by atoms with E-state index in [0.717, 1.165) is 28.3 Å². The number of hydrogen-bond donors (Lipinski definition) is 2. The van der Waals surface area contributed by atoms with Gasteiger partial charge in [-0.1, -0.05) is 32.6 Å². The molecular formula is C16H20INO2. The largest absolute Gasteiger partial charge is 0.503 e. The van der Waals surface area contributed by atoms with Crippen LogP contribution in [0.25, 0.3) is 10.9 Å². The lowest BCUT2D eigenvalue weighted by atomic mass is 10.1. The highest BCUT2D eigenvalue weighted by Gasteiger charge is 2.10. The van der Waals surface area contributed by atoms with Crippen LogP contribution >= 0.6 is 22.6 Å². The molecule has 0 amide bonds. The number of nitrogens with one attached hydrogen (secondary N) is 1. The van der Waals surface area contributed by atoms with Crippen LogP contribution in [0.1, 0.15) is 44.7 Å². The number of aryl methyl sites for hydroxylation is 1. The number of aromatic nitrogens is 1. The van der Waals surface area contributed by atoms with Crippen LogP contribution in [0.3, 0.4) is 0 Å². The molecule has 0 aliphatic rings. The molecule has 0 unspecified atom stereocenters. The van der Waals surface area contributed by atoms with Gasteiger partial charge in [-0.25, -0.2) is 0 Å². The summed E-state index contributed by atoms with van der Waals surface area (Å²) < 4.78 is 0.993. The molecule has 0 radical (unpaired) electrons. The van der Waals surface area contributed by atoms with Crippen molar-refractivity contribution in [2.75, 3.05) is 0 Å². The summed E-state index contributed by atoms with van der Waals surface area (Å²) in [6.07, 6.45) is 6.55. The Bertz CT molecular complexity index is 649. The molecule has 0 fully saturated rings. The van der Waals surface area contributed by atoms with Gasteiger partial charge in [0.2, 0.25) is 5.43 Å². The van der Waals surface area contributed by atoms with Crippen molar-refractivity contribution in [2.45, 2.75) is 45.4 Å². The Morgan fingerprint density at radius 3 is 2.70 bits per heavy atom. The SMILES string of the molecule is CCCCCCCc1[nH]c2ccc(I)cc2c(=O)c1O. The molecule has 2 rings (SSSR count). The fourth-order valence-electron chi connectivity index (χ4n) is 2.39. The zero-order valence-corrected chi connectivity index (χ0v) is 13.9. The molecule has 0 bridgehead atoms. The zero-order chi connectivity index (χ0) is 14.5. The lowest BCUT2D eigenvalue weighted by Crippen LogP contribution is -2.07. The van der Waals surface area contributed by atoms with Crippen molar-refractivity contribution < 1.29 is 5.11 Å². The molecule has 1 heterocycles. The number of rotatable bonds is 6. The van der Waals surface area contributed by atoms with E-state index in [1.807, 2.05) is 12.1 Å². The third-order valence-corrected chi connectivity index (χ3v) is 4.21. The predicted octanol–water partition coefficient (Wildman–Crippen LogP) is 4.35. The van der Waals surface area contributed by atoms with Gasteiger partial charge in [0.25, 0.3) is 0 Å². The van der Waals surface area contributed by atoms with Gasteiger partial charge in [0, 0.05) is 9.09 Å². The van der Waals surface area contributed by atoms with Crippen molar-refractivity contribution in [3.8, 4) is 5.75 Å². The number of pyridine rings is 1. The van der Waals surface area contributed by atoms with Crippen LogP contribution in [0, 0.1) is 3.57 Å². The number of fused-ring (bicyclic) bond motifs is 1. The maximum atomic E-state index is 12.2. The van der Waals surface area contributed by atoms with E-state index in [0.29, 0.717) is 11.1 Å². The predicted molar refractivity (Wildman–Crippen MR) is 91.4 cm³/mol. The van der Waals surface area contributed by atoms with Crippen LogP contribution in [0.5, 0.6) is 5.75 Å². The Morgan fingerprint density at radius 1 is 1.20 bits per heavy atom. The summed E-state index contributed by atoms with van der Waals surface area (Å²) in [5.41, 5.74) is 1.21. The van der Waals surface area contributed by atoms with E-state index in [2.05, 4.69) is 34.5 Å². The third-order valence-electron chi connectivity index (χ3n) is 3.54. The van der Waals surface area contributed by atoms with E-state index < -0.39 is 0 Å². The number of benzene rings is 1. The quantitative estimate of drug-likeness (QED) is 0.574. The molecular weight excluding hydrogens is 365 g/mol. The Labute approximate surface area is 132 Å². The summed E-state index contributed by atoms with van der Waals surface area (Å²) in [4.78, 5) is 15.4. The first-order valence-corrected chi connectivity index (χ1v) is 8.24. The second-order valence-electron chi connectivity index (χ2n) is 5.14. The Balaban J connectivity index is 2.20. The number of unbranched alkanes of at least 4 members (excludes halogenated alkanes) is 4. The number of hydrogen-bond acceptors (Lipinski definition) is 2. The van der Waals surface area contributed by atoms with Crippen LogP contribution in [0.15, 0.2) is 23.0 Å². The van der Waals surface area contributed by atoms with Crippen molar-refractivity contribution >= 4 is 33.5 Å². The van der Waals surface area contributed by atoms with Gasteiger partial charge in [-0.3, -0.25) is 4.79 Å². The van der Waals surface area contributed by atoms with Gasteiger partial charge in [-0.05, 0) is 53.6 Å². The summed E-state index contributed by atoms with van der Waals surface area (Å²) in [5, 5.41) is 10.6. The molecule has 108 valence electrons. The molecule has 3 nitrogen and oxygen atoms in total. The van der Waals surface area contributed by atoms with Crippen LogP contribution in [0.4, 0.5) is 0 Å². The number of H-pyrrole nitrogens is 1. The van der Waals surface area contributed by atoms with Crippen molar-refractivity contribution in [3.05, 3.63) is 37.7 Å². The molecule has 0 atom stereocenters. The lowest BCUT2D eigenvalue weighted by Gasteiger charge is -2.07. The fourth-order valence-corrected chi connectivity index (χ4v) is 2.88. The zero-order valence-electron chi connectivity index (χ0n) is 11.7. The third kappa shape index (κ3) is 3.53. The average Bonchev–Trinajstić information content (AvgIpc) is 2.44. The first-order valence-electron chi connectivity index (χ1n) is 7.17.